The van der Waals surface area contributed by atoms with Gasteiger partial charge < -0.3 is 15.5 Å². The molecule has 2 aromatic heterocycles. The third-order valence-corrected chi connectivity index (χ3v) is 5.74. The molecule has 3 aromatic rings. The second-order valence-corrected chi connectivity index (χ2v) is 8.04. The van der Waals surface area contributed by atoms with Gasteiger partial charge in [-0.3, -0.25) is 23.8 Å². The number of hydrogen-bond acceptors (Lipinski definition) is 5. The standard InChI is InChI=1S/C22H20F4N6O3/c23-14-3-1-2-13(6-14)16-4-5-31(20(34)18-9-27-7-15-8-28-12-32(15)18)11-17(16)30-19(33)10-29-21(35)22(24,25)26/h1-3,6-9,12,16-17H,4-5,10-11H2,(H,29,35)(H,30,33)/t16-,17+/m0/s1. The van der Waals surface area contributed by atoms with Crippen molar-refractivity contribution in [2.24, 2.45) is 0 Å². The number of piperidine rings is 1. The SMILES string of the molecule is O=C(CNC(=O)C(F)(F)F)N[C@@H]1CN(C(=O)c2cncc3cncn23)CC[C@H]1c1cccc(F)c1. The predicted molar refractivity (Wildman–Crippen MR) is 114 cm³/mol. The highest BCUT2D eigenvalue weighted by molar-refractivity contribution is 5.93. The molecule has 0 spiro atoms. The lowest BCUT2D eigenvalue weighted by atomic mass is 9.85. The number of amides is 3. The molecule has 2 atom stereocenters. The van der Waals surface area contributed by atoms with E-state index >= 15 is 0 Å². The maximum Gasteiger partial charge on any atom is 0.471 e. The van der Waals surface area contributed by atoms with Crippen molar-refractivity contribution >= 4 is 23.2 Å². The summed E-state index contributed by atoms with van der Waals surface area (Å²) in [5, 5.41) is 4.11. The van der Waals surface area contributed by atoms with E-state index in [-0.39, 0.29) is 24.7 Å². The summed E-state index contributed by atoms with van der Waals surface area (Å²) in [5.74, 6) is -4.40. The predicted octanol–water partition coefficient (Wildman–Crippen LogP) is 1.66. The van der Waals surface area contributed by atoms with Gasteiger partial charge in [0.15, 0.2) is 0 Å². The van der Waals surface area contributed by atoms with Crippen LogP contribution in [-0.2, 0) is 9.59 Å². The molecule has 184 valence electrons. The maximum atomic E-state index is 13.9. The molecule has 0 bridgehead atoms. The van der Waals surface area contributed by atoms with Gasteiger partial charge in [-0.05, 0) is 24.1 Å². The van der Waals surface area contributed by atoms with Crippen molar-refractivity contribution in [3.05, 3.63) is 66.3 Å². The fourth-order valence-corrected chi connectivity index (χ4v) is 4.11. The summed E-state index contributed by atoms with van der Waals surface area (Å²) in [6.07, 6.45) is 1.15. The number of alkyl halides is 3. The third kappa shape index (κ3) is 5.39. The summed E-state index contributed by atoms with van der Waals surface area (Å²) in [4.78, 5) is 46.2. The van der Waals surface area contributed by atoms with Crippen molar-refractivity contribution in [3.63, 3.8) is 0 Å². The van der Waals surface area contributed by atoms with E-state index in [1.165, 1.54) is 53.3 Å². The van der Waals surface area contributed by atoms with Crippen LogP contribution in [0.1, 0.15) is 28.4 Å². The van der Waals surface area contributed by atoms with Gasteiger partial charge in [0.1, 0.15) is 11.5 Å². The van der Waals surface area contributed by atoms with Crippen LogP contribution in [-0.4, -0.2) is 68.8 Å². The number of carbonyl (C=O) groups excluding carboxylic acids is 3. The third-order valence-electron chi connectivity index (χ3n) is 5.74. The van der Waals surface area contributed by atoms with E-state index in [0.29, 0.717) is 17.5 Å². The lowest BCUT2D eigenvalue weighted by Gasteiger charge is -2.39. The smallest absolute Gasteiger partial charge is 0.349 e. The highest BCUT2D eigenvalue weighted by Crippen LogP contribution is 2.30. The Labute approximate surface area is 196 Å². The Balaban J connectivity index is 1.53. The van der Waals surface area contributed by atoms with E-state index < -0.39 is 42.3 Å². The molecule has 1 aliphatic heterocycles. The molecule has 3 amide bonds. The minimum atomic E-state index is -5.12. The van der Waals surface area contributed by atoms with E-state index in [1.807, 2.05) is 0 Å². The first-order valence-electron chi connectivity index (χ1n) is 10.6. The first-order valence-corrected chi connectivity index (χ1v) is 10.6. The van der Waals surface area contributed by atoms with Crippen LogP contribution in [0.3, 0.4) is 0 Å². The van der Waals surface area contributed by atoms with Crippen LogP contribution in [0.4, 0.5) is 17.6 Å². The molecule has 0 aliphatic carbocycles. The summed E-state index contributed by atoms with van der Waals surface area (Å²) >= 11 is 0. The second kappa shape index (κ2) is 9.68. The van der Waals surface area contributed by atoms with E-state index in [0.717, 1.165) is 0 Å². The summed E-state index contributed by atoms with van der Waals surface area (Å²) in [6.45, 7) is -0.622. The molecule has 4 rings (SSSR count). The largest absolute Gasteiger partial charge is 0.471 e. The van der Waals surface area contributed by atoms with Crippen LogP contribution in [0.2, 0.25) is 0 Å². The number of aromatic nitrogens is 3. The molecule has 1 fully saturated rings. The Hall–Kier alpha value is -4.03. The number of fused-ring (bicyclic) bond motifs is 1. The van der Waals surface area contributed by atoms with Crippen LogP contribution in [0.5, 0.6) is 0 Å². The minimum absolute atomic E-state index is 0.00402. The molecule has 3 heterocycles. The first kappa shape index (κ1) is 24.1. The Morgan fingerprint density at radius 1 is 1.11 bits per heavy atom. The Morgan fingerprint density at radius 2 is 1.89 bits per heavy atom. The van der Waals surface area contributed by atoms with Gasteiger partial charge in [-0.2, -0.15) is 13.2 Å². The number of halogens is 4. The summed E-state index contributed by atoms with van der Waals surface area (Å²) in [7, 11) is 0. The monoisotopic (exact) mass is 492 g/mol. The van der Waals surface area contributed by atoms with Crippen LogP contribution >= 0.6 is 0 Å². The Kier molecular flexibility index (Phi) is 6.67. The van der Waals surface area contributed by atoms with E-state index in [9.17, 15) is 31.9 Å². The molecule has 0 radical (unpaired) electrons. The summed E-state index contributed by atoms with van der Waals surface area (Å²) in [6, 6.07) is 5.01. The van der Waals surface area contributed by atoms with Gasteiger partial charge in [-0.1, -0.05) is 12.1 Å². The van der Waals surface area contributed by atoms with Crippen LogP contribution in [0.25, 0.3) is 5.52 Å². The number of hydrogen-bond donors (Lipinski definition) is 2. The number of imidazole rings is 1. The highest BCUT2D eigenvalue weighted by Gasteiger charge is 2.39. The van der Waals surface area contributed by atoms with Gasteiger partial charge in [0, 0.05) is 19.0 Å². The van der Waals surface area contributed by atoms with E-state index in [4.69, 9.17) is 0 Å². The lowest BCUT2D eigenvalue weighted by Crippen LogP contribution is -2.55. The minimum Gasteiger partial charge on any atom is -0.349 e. The summed E-state index contributed by atoms with van der Waals surface area (Å²) in [5.41, 5.74) is 1.42. The fourth-order valence-electron chi connectivity index (χ4n) is 4.11. The van der Waals surface area contributed by atoms with Crippen molar-refractivity contribution in [2.45, 2.75) is 24.6 Å². The fraction of sp³-hybridized carbons (Fsp3) is 0.318. The van der Waals surface area contributed by atoms with Crippen LogP contribution in [0, 0.1) is 5.82 Å². The van der Waals surface area contributed by atoms with Crippen molar-refractivity contribution in [1.29, 1.82) is 0 Å². The molecule has 0 unspecified atom stereocenters. The number of nitrogens with one attached hydrogen (secondary N) is 2. The molecular formula is C22H20F4N6O3. The lowest BCUT2D eigenvalue weighted by molar-refractivity contribution is -0.173. The number of rotatable bonds is 5. The zero-order valence-corrected chi connectivity index (χ0v) is 18.1. The van der Waals surface area contributed by atoms with Crippen molar-refractivity contribution in [2.75, 3.05) is 19.6 Å². The quantitative estimate of drug-likeness (QED) is 0.527. The van der Waals surface area contributed by atoms with Gasteiger partial charge >= 0.3 is 12.1 Å². The average molecular weight is 492 g/mol. The van der Waals surface area contributed by atoms with E-state index in [2.05, 4.69) is 15.3 Å². The second-order valence-electron chi connectivity index (χ2n) is 8.04. The molecule has 2 N–H and O–H groups in total. The summed E-state index contributed by atoms with van der Waals surface area (Å²) < 4.78 is 52.7. The molecule has 0 saturated carbocycles. The van der Waals surface area contributed by atoms with Crippen LogP contribution in [0.15, 0.2) is 49.2 Å². The normalized spacial score (nSPS) is 18.3. The number of likely N-dealkylation sites (tertiary alicyclic amines) is 1. The van der Waals surface area contributed by atoms with Crippen molar-refractivity contribution in [1.82, 2.24) is 29.9 Å². The zero-order valence-electron chi connectivity index (χ0n) is 18.1. The zero-order chi connectivity index (χ0) is 25.2. The van der Waals surface area contributed by atoms with Crippen LogP contribution < -0.4 is 10.6 Å². The molecule has 13 heteroatoms. The molecule has 1 saturated heterocycles. The first-order chi connectivity index (χ1) is 16.6. The number of nitrogens with zero attached hydrogens (tertiary/aromatic N) is 4. The van der Waals surface area contributed by atoms with Gasteiger partial charge in [-0.25, -0.2) is 9.37 Å². The Bertz CT molecular complexity index is 1260. The molecule has 1 aliphatic rings. The Morgan fingerprint density at radius 3 is 2.63 bits per heavy atom. The molecule has 1 aromatic carbocycles. The molecular weight excluding hydrogens is 472 g/mol. The van der Waals surface area contributed by atoms with Crippen molar-refractivity contribution < 1.29 is 31.9 Å². The maximum absolute atomic E-state index is 13.9. The topological polar surface area (TPSA) is 109 Å². The number of carbonyl (C=O) groups is 3. The number of benzene rings is 1. The van der Waals surface area contributed by atoms with Gasteiger partial charge in [0.2, 0.25) is 5.91 Å². The molecule has 9 nitrogen and oxygen atoms in total. The van der Waals surface area contributed by atoms with E-state index in [1.54, 1.807) is 10.5 Å². The van der Waals surface area contributed by atoms with Gasteiger partial charge in [-0.15, -0.1) is 0 Å². The van der Waals surface area contributed by atoms with Crippen molar-refractivity contribution in [3.8, 4) is 0 Å². The van der Waals surface area contributed by atoms with Gasteiger partial charge in [0.25, 0.3) is 5.91 Å². The highest BCUT2D eigenvalue weighted by atomic mass is 19.4. The van der Waals surface area contributed by atoms with Gasteiger partial charge in [0.05, 0.1) is 43.0 Å². The average Bonchev–Trinajstić information content (AvgIpc) is 3.30. The molecule has 35 heavy (non-hydrogen) atoms.